The van der Waals surface area contributed by atoms with Crippen LogP contribution in [0.5, 0.6) is 0 Å². The van der Waals surface area contributed by atoms with Crippen LogP contribution >= 0.6 is 0 Å². The average molecular weight is 266 g/mol. The van der Waals surface area contributed by atoms with Crippen LogP contribution in [-0.2, 0) is 11.8 Å². The van der Waals surface area contributed by atoms with Crippen molar-refractivity contribution in [2.24, 2.45) is 7.05 Å². The van der Waals surface area contributed by atoms with E-state index in [0.717, 1.165) is 5.69 Å². The molecule has 0 aromatic carbocycles. The maximum atomic E-state index is 11.7. The number of amides is 1. The summed E-state index contributed by atoms with van der Waals surface area (Å²) in [6.07, 6.45) is 2.50. The van der Waals surface area contributed by atoms with E-state index >= 15 is 0 Å². The molecule has 0 aliphatic carbocycles. The predicted octanol–water partition coefficient (Wildman–Crippen LogP) is 1.68. The lowest BCUT2D eigenvalue weighted by Crippen LogP contribution is -2.41. The quantitative estimate of drug-likeness (QED) is 0.852. The van der Waals surface area contributed by atoms with Crippen LogP contribution in [-0.4, -0.2) is 27.8 Å². The number of nitrogens with one attached hydrogen (secondary N) is 2. The highest BCUT2D eigenvalue weighted by Gasteiger charge is 2.14. The first-order chi connectivity index (χ1) is 8.69. The first-order valence-corrected chi connectivity index (χ1v) is 6.73. The Morgan fingerprint density at radius 1 is 1.47 bits per heavy atom. The summed E-state index contributed by atoms with van der Waals surface area (Å²) in [6, 6.07) is 0.205. The van der Waals surface area contributed by atoms with Gasteiger partial charge in [-0.2, -0.15) is 5.10 Å². The molecule has 0 saturated heterocycles. The van der Waals surface area contributed by atoms with Crippen molar-refractivity contribution in [2.75, 3.05) is 6.54 Å². The monoisotopic (exact) mass is 266 g/mol. The third-order valence-corrected chi connectivity index (χ3v) is 2.83. The van der Waals surface area contributed by atoms with Gasteiger partial charge in [0.15, 0.2) is 0 Å². The summed E-state index contributed by atoms with van der Waals surface area (Å²) in [5, 5.41) is 10.6. The van der Waals surface area contributed by atoms with Crippen LogP contribution in [0, 0.1) is 6.92 Å². The van der Waals surface area contributed by atoms with Crippen LogP contribution in [0.1, 0.15) is 51.4 Å². The van der Waals surface area contributed by atoms with Crippen LogP contribution < -0.4 is 10.6 Å². The second-order valence-corrected chi connectivity index (χ2v) is 6.07. The second kappa shape index (κ2) is 6.19. The van der Waals surface area contributed by atoms with E-state index in [1.807, 2.05) is 45.6 Å². The van der Waals surface area contributed by atoms with E-state index < -0.39 is 0 Å². The van der Waals surface area contributed by atoms with Crippen LogP contribution in [0.3, 0.4) is 0 Å². The third-order valence-electron chi connectivity index (χ3n) is 2.83. The Bertz CT molecular complexity index is 431. The van der Waals surface area contributed by atoms with Gasteiger partial charge < -0.3 is 10.6 Å². The minimum Gasteiger partial charge on any atom is -0.351 e. The van der Waals surface area contributed by atoms with Gasteiger partial charge in [0.05, 0.1) is 5.69 Å². The largest absolute Gasteiger partial charge is 0.351 e. The molecule has 5 nitrogen and oxygen atoms in total. The minimum absolute atomic E-state index is 0.0788. The molecule has 1 unspecified atom stereocenters. The summed E-state index contributed by atoms with van der Waals surface area (Å²) in [5.41, 5.74) is 2.04. The number of aromatic nitrogens is 2. The first-order valence-electron chi connectivity index (χ1n) is 6.73. The van der Waals surface area contributed by atoms with Crippen LogP contribution in [0.4, 0.5) is 0 Å². The van der Waals surface area contributed by atoms with Gasteiger partial charge in [-0.1, -0.05) is 0 Å². The zero-order chi connectivity index (χ0) is 14.6. The smallest absolute Gasteiger partial charge is 0.221 e. The molecule has 19 heavy (non-hydrogen) atoms. The molecule has 1 rings (SSSR count). The fourth-order valence-corrected chi connectivity index (χ4v) is 2.04. The fourth-order valence-electron chi connectivity index (χ4n) is 2.04. The zero-order valence-electron chi connectivity index (χ0n) is 12.9. The van der Waals surface area contributed by atoms with Gasteiger partial charge in [-0.25, -0.2) is 0 Å². The highest BCUT2D eigenvalue weighted by atomic mass is 16.1. The van der Waals surface area contributed by atoms with Crippen molar-refractivity contribution in [1.82, 2.24) is 20.4 Å². The van der Waals surface area contributed by atoms with Gasteiger partial charge in [0.1, 0.15) is 0 Å². The molecule has 0 aliphatic rings. The van der Waals surface area contributed by atoms with Crippen molar-refractivity contribution in [1.29, 1.82) is 0 Å². The van der Waals surface area contributed by atoms with Gasteiger partial charge in [-0.05, 0) is 34.6 Å². The number of rotatable bonds is 5. The molecule has 2 N–H and O–H groups in total. The molecule has 0 bridgehead atoms. The Balaban J connectivity index is 2.37. The lowest BCUT2D eigenvalue weighted by Gasteiger charge is -2.21. The summed E-state index contributed by atoms with van der Waals surface area (Å²) in [6.45, 7) is 10.7. The summed E-state index contributed by atoms with van der Waals surface area (Å²) in [5.74, 6) is 0.0788. The van der Waals surface area contributed by atoms with E-state index in [9.17, 15) is 4.79 Å². The number of hydrogen-bond donors (Lipinski definition) is 2. The van der Waals surface area contributed by atoms with Gasteiger partial charge in [0.2, 0.25) is 5.91 Å². The van der Waals surface area contributed by atoms with Crippen molar-refractivity contribution in [2.45, 2.75) is 52.6 Å². The van der Waals surface area contributed by atoms with Crippen molar-refractivity contribution >= 4 is 5.91 Å². The second-order valence-electron chi connectivity index (χ2n) is 6.07. The highest BCUT2D eigenvalue weighted by molar-refractivity contribution is 5.76. The van der Waals surface area contributed by atoms with E-state index in [2.05, 4.69) is 22.7 Å². The average Bonchev–Trinajstić information content (AvgIpc) is 2.55. The van der Waals surface area contributed by atoms with Gasteiger partial charge >= 0.3 is 0 Å². The fraction of sp³-hybridized carbons (Fsp3) is 0.714. The number of carbonyl (C=O) groups is 1. The summed E-state index contributed by atoms with van der Waals surface area (Å²) < 4.78 is 1.81. The molecule has 1 atom stereocenters. The number of carbonyl (C=O) groups excluding carboxylic acids is 1. The van der Waals surface area contributed by atoms with Gasteiger partial charge in [-0.3, -0.25) is 9.48 Å². The lowest BCUT2D eigenvalue weighted by atomic mass is 10.1. The standard InChI is InChI=1S/C14H26N4O/c1-10(12-9-18(6)17-11(12)2)15-8-7-13(19)16-14(3,4)5/h9-10,15H,7-8H2,1-6H3,(H,16,19). The first kappa shape index (κ1) is 15.7. The van der Waals surface area contributed by atoms with Crippen molar-refractivity contribution < 1.29 is 4.79 Å². The molecule has 1 amide bonds. The van der Waals surface area contributed by atoms with E-state index in [-0.39, 0.29) is 17.5 Å². The third kappa shape index (κ3) is 5.42. The maximum Gasteiger partial charge on any atom is 0.221 e. The van der Waals surface area contributed by atoms with E-state index in [4.69, 9.17) is 0 Å². The van der Waals surface area contributed by atoms with Crippen LogP contribution in [0.25, 0.3) is 0 Å². The number of hydrogen-bond acceptors (Lipinski definition) is 3. The molecular weight excluding hydrogens is 240 g/mol. The maximum absolute atomic E-state index is 11.7. The molecule has 0 spiro atoms. The molecule has 0 fully saturated rings. The topological polar surface area (TPSA) is 59.0 Å². The van der Waals surface area contributed by atoms with Gasteiger partial charge in [0.25, 0.3) is 0 Å². The molecular formula is C14H26N4O. The Hall–Kier alpha value is -1.36. The Kier molecular flexibility index (Phi) is 5.11. The van der Waals surface area contributed by atoms with E-state index in [1.165, 1.54) is 5.56 Å². The number of nitrogens with zero attached hydrogens (tertiary/aromatic N) is 2. The minimum atomic E-state index is -0.164. The van der Waals surface area contributed by atoms with E-state index in [1.54, 1.807) is 0 Å². The molecule has 5 heteroatoms. The summed E-state index contributed by atoms with van der Waals surface area (Å²) in [4.78, 5) is 11.7. The van der Waals surface area contributed by atoms with Crippen molar-refractivity contribution in [3.8, 4) is 0 Å². The van der Waals surface area contributed by atoms with Crippen molar-refractivity contribution in [3.63, 3.8) is 0 Å². The zero-order valence-corrected chi connectivity index (χ0v) is 12.9. The number of aryl methyl sites for hydroxylation is 2. The molecule has 0 aliphatic heterocycles. The Labute approximate surface area is 115 Å². The molecule has 1 aromatic heterocycles. The van der Waals surface area contributed by atoms with Crippen LogP contribution in [0.2, 0.25) is 0 Å². The molecule has 108 valence electrons. The Morgan fingerprint density at radius 2 is 2.11 bits per heavy atom. The summed E-state index contributed by atoms with van der Waals surface area (Å²) in [7, 11) is 1.92. The SMILES string of the molecule is Cc1nn(C)cc1C(C)NCCC(=O)NC(C)(C)C. The molecule has 0 radical (unpaired) electrons. The normalized spacial score (nSPS) is 13.4. The van der Waals surface area contributed by atoms with Gasteiger partial charge in [0, 0.05) is 43.4 Å². The summed E-state index contributed by atoms with van der Waals surface area (Å²) >= 11 is 0. The predicted molar refractivity (Wildman–Crippen MR) is 76.9 cm³/mol. The van der Waals surface area contributed by atoms with Crippen molar-refractivity contribution in [3.05, 3.63) is 17.5 Å². The molecule has 1 heterocycles. The molecule has 1 aromatic rings. The van der Waals surface area contributed by atoms with Crippen LogP contribution in [0.15, 0.2) is 6.20 Å². The highest BCUT2D eigenvalue weighted by Crippen LogP contribution is 2.15. The van der Waals surface area contributed by atoms with Gasteiger partial charge in [-0.15, -0.1) is 0 Å². The molecule has 0 saturated carbocycles. The Morgan fingerprint density at radius 3 is 2.58 bits per heavy atom. The van der Waals surface area contributed by atoms with E-state index in [0.29, 0.717) is 13.0 Å². The lowest BCUT2D eigenvalue weighted by molar-refractivity contribution is -0.122.